The Labute approximate surface area is 143 Å². The van der Waals surface area contributed by atoms with Gasteiger partial charge < -0.3 is 20.1 Å². The number of piperazine rings is 1. The lowest BCUT2D eigenvalue weighted by Gasteiger charge is -2.37. The van der Waals surface area contributed by atoms with Crippen LogP contribution in [0.5, 0.6) is 0 Å². The number of hydrogen-bond acceptors (Lipinski definition) is 5. The highest BCUT2D eigenvalue weighted by Gasteiger charge is 2.29. The summed E-state index contributed by atoms with van der Waals surface area (Å²) in [6.07, 6.45) is -1.12. The first kappa shape index (κ1) is 20.2. The van der Waals surface area contributed by atoms with E-state index in [-0.39, 0.29) is 12.3 Å². The van der Waals surface area contributed by atoms with Crippen LogP contribution in [0, 0.1) is 0 Å². The van der Waals surface area contributed by atoms with Crippen molar-refractivity contribution < 1.29 is 24.2 Å². The Hall–Kier alpha value is -1.83. The predicted molar refractivity (Wildman–Crippen MR) is 88.7 cm³/mol. The molecule has 1 aliphatic rings. The molecule has 0 radical (unpaired) electrons. The molecule has 0 aromatic carbocycles. The molecule has 138 valence electrons. The van der Waals surface area contributed by atoms with Crippen molar-refractivity contribution in [3.05, 3.63) is 0 Å². The molecule has 24 heavy (non-hydrogen) atoms. The van der Waals surface area contributed by atoms with Crippen LogP contribution in [0.15, 0.2) is 0 Å². The van der Waals surface area contributed by atoms with Crippen LogP contribution in [0.3, 0.4) is 0 Å². The van der Waals surface area contributed by atoms with Gasteiger partial charge in [-0.15, -0.1) is 0 Å². The van der Waals surface area contributed by atoms with Gasteiger partial charge in [0.25, 0.3) is 0 Å². The second kappa shape index (κ2) is 8.32. The zero-order valence-electron chi connectivity index (χ0n) is 15.2. The van der Waals surface area contributed by atoms with E-state index in [0.717, 1.165) is 13.1 Å². The fourth-order valence-corrected chi connectivity index (χ4v) is 2.44. The van der Waals surface area contributed by atoms with Gasteiger partial charge in [-0.05, 0) is 34.6 Å². The van der Waals surface area contributed by atoms with E-state index in [2.05, 4.69) is 24.1 Å². The smallest absolute Gasteiger partial charge is 0.408 e. The molecule has 0 spiro atoms. The molecule has 1 fully saturated rings. The van der Waals surface area contributed by atoms with E-state index in [1.165, 1.54) is 0 Å². The molecule has 1 aliphatic heterocycles. The minimum Gasteiger partial charge on any atom is -0.480 e. The Morgan fingerprint density at radius 2 is 1.67 bits per heavy atom. The van der Waals surface area contributed by atoms with Crippen LogP contribution in [-0.2, 0) is 14.3 Å². The number of nitrogens with zero attached hydrogens (tertiary/aromatic N) is 2. The minimum absolute atomic E-state index is 0.276. The van der Waals surface area contributed by atoms with Gasteiger partial charge in [-0.1, -0.05) is 0 Å². The number of rotatable bonds is 5. The highest BCUT2D eigenvalue weighted by molar-refractivity contribution is 5.87. The van der Waals surface area contributed by atoms with E-state index >= 15 is 0 Å². The summed E-state index contributed by atoms with van der Waals surface area (Å²) in [5.74, 6) is -1.53. The molecular formula is C16H29N3O5. The summed E-state index contributed by atoms with van der Waals surface area (Å²) in [6, 6.07) is -0.877. The maximum absolute atomic E-state index is 12.3. The summed E-state index contributed by atoms with van der Waals surface area (Å²) in [4.78, 5) is 39.2. The molecule has 1 atom stereocenters. The van der Waals surface area contributed by atoms with Gasteiger partial charge >= 0.3 is 12.1 Å². The maximum atomic E-state index is 12.3. The summed E-state index contributed by atoms with van der Waals surface area (Å²) in [5.41, 5.74) is -0.732. The van der Waals surface area contributed by atoms with Crippen molar-refractivity contribution in [1.29, 1.82) is 0 Å². The molecular weight excluding hydrogens is 314 g/mol. The number of carboxylic acids is 1. The number of ether oxygens (including phenoxy) is 1. The molecule has 1 unspecified atom stereocenters. The zero-order chi connectivity index (χ0) is 18.5. The molecule has 2 N–H and O–H groups in total. The molecule has 1 heterocycles. The summed E-state index contributed by atoms with van der Waals surface area (Å²) in [7, 11) is 0. The number of carbonyl (C=O) groups excluding carboxylic acids is 2. The van der Waals surface area contributed by atoms with E-state index in [4.69, 9.17) is 4.74 Å². The molecule has 1 saturated heterocycles. The molecule has 8 heteroatoms. The lowest BCUT2D eigenvalue weighted by molar-refractivity contribution is -0.144. The topological polar surface area (TPSA) is 99.2 Å². The molecule has 0 saturated carbocycles. The van der Waals surface area contributed by atoms with Crippen molar-refractivity contribution in [1.82, 2.24) is 15.1 Å². The van der Waals surface area contributed by atoms with E-state index in [0.29, 0.717) is 19.1 Å². The molecule has 0 bridgehead atoms. The Balaban J connectivity index is 2.55. The normalized spacial score (nSPS) is 17.5. The second-order valence-corrected chi connectivity index (χ2v) is 7.25. The molecule has 0 aromatic rings. The molecule has 8 nitrogen and oxygen atoms in total. The monoisotopic (exact) mass is 343 g/mol. The maximum Gasteiger partial charge on any atom is 0.408 e. The van der Waals surface area contributed by atoms with Crippen LogP contribution in [0.1, 0.15) is 41.0 Å². The molecule has 1 rings (SSSR count). The average Bonchev–Trinajstić information content (AvgIpc) is 2.44. The van der Waals surface area contributed by atoms with Crippen LogP contribution in [0.25, 0.3) is 0 Å². The van der Waals surface area contributed by atoms with Gasteiger partial charge in [-0.3, -0.25) is 9.69 Å². The average molecular weight is 343 g/mol. The van der Waals surface area contributed by atoms with Crippen LogP contribution < -0.4 is 5.32 Å². The first-order valence-electron chi connectivity index (χ1n) is 8.23. The second-order valence-electron chi connectivity index (χ2n) is 7.25. The SMILES string of the molecule is CC(C)N1CCN(C(=O)CC(NC(=O)OC(C)(C)C)C(=O)O)CC1. The summed E-state index contributed by atoms with van der Waals surface area (Å²) >= 11 is 0. The highest BCUT2D eigenvalue weighted by atomic mass is 16.6. The Morgan fingerprint density at radius 3 is 2.08 bits per heavy atom. The van der Waals surface area contributed by atoms with E-state index in [1.807, 2.05) is 0 Å². The quantitative estimate of drug-likeness (QED) is 0.770. The van der Waals surface area contributed by atoms with Gasteiger partial charge in [-0.2, -0.15) is 0 Å². The first-order valence-corrected chi connectivity index (χ1v) is 8.23. The van der Waals surface area contributed by atoms with Crippen LogP contribution in [-0.4, -0.2) is 76.7 Å². The summed E-state index contributed by atoms with van der Waals surface area (Å²) < 4.78 is 5.04. The van der Waals surface area contributed by atoms with Gasteiger partial charge in [0, 0.05) is 32.2 Å². The lowest BCUT2D eigenvalue weighted by atomic mass is 10.1. The van der Waals surface area contributed by atoms with Crippen molar-refractivity contribution in [3.63, 3.8) is 0 Å². The van der Waals surface area contributed by atoms with Crippen molar-refractivity contribution in [2.75, 3.05) is 26.2 Å². The number of nitrogens with one attached hydrogen (secondary N) is 1. The first-order chi connectivity index (χ1) is 11.0. The predicted octanol–water partition coefficient (Wildman–Crippen LogP) is 0.907. The van der Waals surface area contributed by atoms with Crippen molar-refractivity contribution in [2.24, 2.45) is 0 Å². The molecule has 0 aliphatic carbocycles. The van der Waals surface area contributed by atoms with Crippen LogP contribution in [0.2, 0.25) is 0 Å². The molecule has 2 amide bonds. The zero-order valence-corrected chi connectivity index (χ0v) is 15.2. The number of amides is 2. The summed E-state index contributed by atoms with van der Waals surface area (Å²) in [5, 5.41) is 11.5. The minimum atomic E-state index is -1.30. The summed E-state index contributed by atoms with van der Waals surface area (Å²) in [6.45, 7) is 11.9. The Morgan fingerprint density at radius 1 is 1.12 bits per heavy atom. The van der Waals surface area contributed by atoms with Gasteiger partial charge in [0.15, 0.2) is 0 Å². The van der Waals surface area contributed by atoms with Gasteiger partial charge in [0.05, 0.1) is 6.42 Å². The largest absolute Gasteiger partial charge is 0.480 e. The van der Waals surface area contributed by atoms with Gasteiger partial charge in [0.1, 0.15) is 11.6 Å². The fraction of sp³-hybridized carbons (Fsp3) is 0.812. The number of carboxylic acid groups (broad SMARTS) is 1. The number of carbonyl (C=O) groups is 3. The van der Waals surface area contributed by atoms with Crippen molar-refractivity contribution >= 4 is 18.0 Å². The van der Waals surface area contributed by atoms with E-state index in [9.17, 15) is 19.5 Å². The standard InChI is InChI=1S/C16H29N3O5/c1-11(2)18-6-8-19(9-7-18)13(20)10-12(14(21)22)17-15(23)24-16(3,4)5/h11-12H,6-10H2,1-5H3,(H,17,23)(H,21,22). The number of aliphatic carboxylic acids is 1. The Bertz CT molecular complexity index is 465. The third kappa shape index (κ3) is 6.74. The van der Waals surface area contributed by atoms with E-state index in [1.54, 1.807) is 25.7 Å². The third-order valence-corrected chi connectivity index (χ3v) is 3.77. The van der Waals surface area contributed by atoms with Crippen molar-refractivity contribution in [3.8, 4) is 0 Å². The highest BCUT2D eigenvalue weighted by Crippen LogP contribution is 2.10. The van der Waals surface area contributed by atoms with Gasteiger partial charge in [0.2, 0.25) is 5.91 Å². The molecule has 0 aromatic heterocycles. The van der Waals surface area contributed by atoms with Crippen LogP contribution in [0.4, 0.5) is 4.79 Å². The number of alkyl carbamates (subject to hydrolysis) is 1. The third-order valence-electron chi connectivity index (χ3n) is 3.77. The lowest BCUT2D eigenvalue weighted by Crippen LogP contribution is -2.52. The van der Waals surface area contributed by atoms with Gasteiger partial charge in [-0.25, -0.2) is 9.59 Å². The van der Waals surface area contributed by atoms with Crippen molar-refractivity contribution in [2.45, 2.75) is 58.7 Å². The van der Waals surface area contributed by atoms with E-state index < -0.39 is 23.7 Å². The fourth-order valence-electron chi connectivity index (χ4n) is 2.44. The Kier molecular flexibility index (Phi) is 7.01. The number of hydrogen-bond donors (Lipinski definition) is 2. The van der Waals surface area contributed by atoms with Crippen LogP contribution >= 0.6 is 0 Å².